The van der Waals surface area contributed by atoms with Gasteiger partial charge in [-0.2, -0.15) is 0 Å². The summed E-state index contributed by atoms with van der Waals surface area (Å²) in [7, 11) is 6.77. The highest BCUT2D eigenvalue weighted by Crippen LogP contribution is 2.28. The van der Waals surface area contributed by atoms with E-state index in [0.717, 1.165) is 5.69 Å². The number of methoxy groups -OCH3 is 2. The molecule has 7 nitrogen and oxygen atoms in total. The number of nitrogens with one attached hydrogen (secondary N) is 2. The van der Waals surface area contributed by atoms with Gasteiger partial charge in [0, 0.05) is 31.5 Å². The molecule has 0 fully saturated rings. The van der Waals surface area contributed by atoms with Gasteiger partial charge in [-0.05, 0) is 30.3 Å². The van der Waals surface area contributed by atoms with Gasteiger partial charge < -0.3 is 25.0 Å². The first-order valence-electron chi connectivity index (χ1n) is 7.56. The molecule has 2 aromatic rings. The average Bonchev–Trinajstić information content (AvgIpc) is 2.61. The number of ether oxygens (including phenoxy) is 2. The maximum absolute atomic E-state index is 12.2. The molecule has 0 spiro atoms. The van der Waals surface area contributed by atoms with E-state index in [0.29, 0.717) is 22.9 Å². The van der Waals surface area contributed by atoms with Gasteiger partial charge in [-0.1, -0.05) is 6.07 Å². The van der Waals surface area contributed by atoms with Crippen molar-refractivity contribution in [2.45, 2.75) is 0 Å². The highest BCUT2D eigenvalue weighted by Gasteiger charge is 2.17. The highest BCUT2D eigenvalue weighted by atomic mass is 16.5. The first kappa shape index (κ1) is 18.1. The van der Waals surface area contributed by atoms with E-state index >= 15 is 0 Å². The van der Waals surface area contributed by atoms with Crippen LogP contribution in [0.2, 0.25) is 0 Å². The quantitative estimate of drug-likeness (QED) is 0.815. The molecule has 0 radical (unpaired) electrons. The lowest BCUT2D eigenvalue weighted by atomic mass is 10.2. The van der Waals surface area contributed by atoms with E-state index in [1.807, 2.05) is 25.1 Å². The lowest BCUT2D eigenvalue weighted by molar-refractivity contribution is -0.133. The standard InChI is InChI=1S/C18H21N3O4/c1-21(2)13-7-5-6-12(10-13)19-17(22)18(23)20-15-11-14(24-3)8-9-16(15)25-4/h5-11H,1-4H3,(H,19,22)(H,20,23). The molecule has 2 rings (SSSR count). The molecular weight excluding hydrogens is 322 g/mol. The van der Waals surface area contributed by atoms with Crippen molar-refractivity contribution in [1.29, 1.82) is 0 Å². The van der Waals surface area contributed by atoms with Crippen LogP contribution < -0.4 is 25.0 Å². The Morgan fingerprint density at radius 3 is 2.28 bits per heavy atom. The monoisotopic (exact) mass is 343 g/mol. The van der Waals surface area contributed by atoms with E-state index in [2.05, 4.69) is 10.6 Å². The van der Waals surface area contributed by atoms with Crippen LogP contribution in [0.1, 0.15) is 0 Å². The van der Waals surface area contributed by atoms with Crippen molar-refractivity contribution < 1.29 is 19.1 Å². The van der Waals surface area contributed by atoms with Crippen molar-refractivity contribution in [2.24, 2.45) is 0 Å². The minimum atomic E-state index is -0.804. The Morgan fingerprint density at radius 2 is 1.64 bits per heavy atom. The largest absolute Gasteiger partial charge is 0.497 e. The number of nitrogens with zero attached hydrogens (tertiary/aromatic N) is 1. The van der Waals surface area contributed by atoms with Gasteiger partial charge in [0.1, 0.15) is 11.5 Å². The number of carbonyl (C=O) groups excluding carboxylic acids is 2. The molecule has 0 unspecified atom stereocenters. The summed E-state index contributed by atoms with van der Waals surface area (Å²) in [5, 5.41) is 5.10. The highest BCUT2D eigenvalue weighted by molar-refractivity contribution is 6.43. The molecule has 0 aliphatic carbocycles. The first-order valence-corrected chi connectivity index (χ1v) is 7.56. The van der Waals surface area contributed by atoms with Crippen molar-refractivity contribution in [1.82, 2.24) is 0 Å². The lowest BCUT2D eigenvalue weighted by Crippen LogP contribution is -2.29. The molecule has 0 heterocycles. The number of hydrogen-bond donors (Lipinski definition) is 2. The van der Waals surface area contributed by atoms with Gasteiger partial charge in [-0.15, -0.1) is 0 Å². The Morgan fingerprint density at radius 1 is 0.920 bits per heavy atom. The number of carbonyl (C=O) groups is 2. The molecule has 0 aliphatic heterocycles. The van der Waals surface area contributed by atoms with E-state index in [4.69, 9.17) is 9.47 Å². The van der Waals surface area contributed by atoms with Gasteiger partial charge >= 0.3 is 11.8 Å². The molecular formula is C18H21N3O4. The fourth-order valence-corrected chi connectivity index (χ4v) is 2.14. The van der Waals surface area contributed by atoms with Crippen LogP contribution in [-0.4, -0.2) is 40.1 Å². The maximum atomic E-state index is 12.2. The van der Waals surface area contributed by atoms with Gasteiger partial charge in [-0.3, -0.25) is 9.59 Å². The Kier molecular flexibility index (Phi) is 5.84. The predicted octanol–water partition coefficient (Wildman–Crippen LogP) is 2.35. The topological polar surface area (TPSA) is 79.9 Å². The minimum absolute atomic E-state index is 0.351. The minimum Gasteiger partial charge on any atom is -0.497 e. The third-order valence-electron chi connectivity index (χ3n) is 3.48. The molecule has 0 bridgehead atoms. The van der Waals surface area contributed by atoms with Gasteiger partial charge in [0.05, 0.1) is 19.9 Å². The second-order valence-electron chi connectivity index (χ2n) is 5.42. The van der Waals surface area contributed by atoms with Gasteiger partial charge in [0.25, 0.3) is 0 Å². The molecule has 2 N–H and O–H groups in total. The zero-order valence-corrected chi connectivity index (χ0v) is 14.6. The van der Waals surface area contributed by atoms with E-state index in [1.165, 1.54) is 14.2 Å². The molecule has 25 heavy (non-hydrogen) atoms. The SMILES string of the molecule is COc1ccc(OC)c(NC(=O)C(=O)Nc2cccc(N(C)C)c2)c1. The first-order chi connectivity index (χ1) is 11.9. The molecule has 0 saturated carbocycles. The zero-order chi connectivity index (χ0) is 18.4. The average molecular weight is 343 g/mol. The molecule has 2 amide bonds. The number of amides is 2. The van der Waals surface area contributed by atoms with Crippen LogP contribution in [0.4, 0.5) is 17.1 Å². The molecule has 132 valence electrons. The van der Waals surface area contributed by atoms with Crippen LogP contribution in [-0.2, 0) is 9.59 Å². The third-order valence-corrected chi connectivity index (χ3v) is 3.48. The number of anilines is 3. The molecule has 0 aromatic heterocycles. The van der Waals surface area contributed by atoms with Crippen LogP contribution in [0, 0.1) is 0 Å². The zero-order valence-electron chi connectivity index (χ0n) is 14.6. The van der Waals surface area contributed by atoms with Crippen LogP contribution in [0.5, 0.6) is 11.5 Å². The van der Waals surface area contributed by atoms with Crippen molar-refractivity contribution >= 4 is 28.9 Å². The summed E-state index contributed by atoms with van der Waals surface area (Å²) in [5.41, 5.74) is 1.79. The van der Waals surface area contributed by atoms with Crippen LogP contribution in [0.15, 0.2) is 42.5 Å². The van der Waals surface area contributed by atoms with E-state index < -0.39 is 11.8 Å². The summed E-state index contributed by atoms with van der Waals surface area (Å²) in [5.74, 6) is -0.616. The normalized spacial score (nSPS) is 9.92. The predicted molar refractivity (Wildman–Crippen MR) is 97.6 cm³/mol. The van der Waals surface area contributed by atoms with Crippen molar-refractivity contribution in [2.75, 3.05) is 43.8 Å². The third kappa shape index (κ3) is 4.63. The fraction of sp³-hybridized carbons (Fsp3) is 0.222. The van der Waals surface area contributed by atoms with Crippen molar-refractivity contribution in [3.8, 4) is 11.5 Å². The van der Waals surface area contributed by atoms with Gasteiger partial charge in [-0.25, -0.2) is 0 Å². The lowest BCUT2D eigenvalue weighted by Gasteiger charge is -2.14. The summed E-state index contributed by atoms with van der Waals surface area (Å²) >= 11 is 0. The van der Waals surface area contributed by atoms with Crippen molar-refractivity contribution in [3.05, 3.63) is 42.5 Å². The summed E-state index contributed by atoms with van der Waals surface area (Å²) in [4.78, 5) is 26.2. The molecule has 0 aliphatic rings. The molecule has 7 heteroatoms. The van der Waals surface area contributed by atoms with Crippen LogP contribution in [0.3, 0.4) is 0 Å². The van der Waals surface area contributed by atoms with Crippen LogP contribution >= 0.6 is 0 Å². The van der Waals surface area contributed by atoms with Gasteiger partial charge in [0.15, 0.2) is 0 Å². The second-order valence-corrected chi connectivity index (χ2v) is 5.42. The summed E-state index contributed by atoms with van der Waals surface area (Å²) < 4.78 is 10.3. The Balaban J connectivity index is 2.11. The summed E-state index contributed by atoms with van der Waals surface area (Å²) in [6.45, 7) is 0. The van der Waals surface area contributed by atoms with E-state index in [1.54, 1.807) is 36.4 Å². The molecule has 2 aromatic carbocycles. The number of rotatable bonds is 5. The molecule has 0 atom stereocenters. The number of hydrogen-bond acceptors (Lipinski definition) is 5. The smallest absolute Gasteiger partial charge is 0.314 e. The summed E-state index contributed by atoms with van der Waals surface area (Å²) in [6, 6.07) is 12.1. The Hall–Kier alpha value is -3.22. The fourth-order valence-electron chi connectivity index (χ4n) is 2.14. The van der Waals surface area contributed by atoms with Crippen LogP contribution in [0.25, 0.3) is 0 Å². The maximum Gasteiger partial charge on any atom is 0.314 e. The molecule has 0 saturated heterocycles. The van der Waals surface area contributed by atoms with Crippen molar-refractivity contribution in [3.63, 3.8) is 0 Å². The Bertz CT molecular complexity index is 775. The Labute approximate surface area is 146 Å². The van der Waals surface area contributed by atoms with E-state index in [9.17, 15) is 9.59 Å². The van der Waals surface area contributed by atoms with Gasteiger partial charge in [0.2, 0.25) is 0 Å². The van der Waals surface area contributed by atoms with E-state index in [-0.39, 0.29) is 0 Å². The number of benzene rings is 2. The summed E-state index contributed by atoms with van der Waals surface area (Å²) in [6.07, 6.45) is 0. The second kappa shape index (κ2) is 8.05.